The van der Waals surface area contributed by atoms with Crippen LogP contribution in [0.25, 0.3) is 54.1 Å². The van der Waals surface area contributed by atoms with Crippen LogP contribution in [0.5, 0.6) is 0 Å². The van der Waals surface area contributed by atoms with E-state index in [1.54, 1.807) is 36.7 Å². The standard InChI is InChI=1S/C18H12.C13H10N2.C13H10O2S.C12H8N2.C8H6F4.CH3.Al.H2N.H2O/c1-2-8-14-13(7-1)15-9-3-4-11-17(15)18-12-6-5-10-16(14)18;1-2-6-10(7-3-1)13-11-8-4-5-9-12(11)14-15-13;14-16(15)12-7-3-1-5-10(12)9-11-6-2-4-8-13(11)16;1-3-9-5-6-10-4-2-8-14-12(10)11(9)13-7-1;1-3-5(9)7(11)4(2)8(12)6(3)10;;;;/h1-12H;1-9,13H;1-8H,9H2;1-8H;1-2H3;1H3;;2*1H2/q;;;;;;+1;-1;. The predicted molar refractivity (Wildman–Crippen MR) is 312 cm³/mol. The molecule has 0 bridgehead atoms. The Morgan fingerprint density at radius 2 is 0.823 bits per heavy atom. The van der Waals surface area contributed by atoms with Gasteiger partial charge >= 0.3 is 15.4 Å². The van der Waals surface area contributed by atoms with E-state index >= 15 is 0 Å². The smallest absolute Gasteiger partial charge is 0.313 e. The zero-order valence-corrected chi connectivity index (χ0v) is 45.3. The van der Waals surface area contributed by atoms with Gasteiger partial charge in [-0.15, -0.1) is 0 Å². The zero-order valence-electron chi connectivity index (χ0n) is 43.3. The summed E-state index contributed by atoms with van der Waals surface area (Å²) in [6.45, 7) is 1.96. The number of pyridine rings is 2. The van der Waals surface area contributed by atoms with E-state index in [9.17, 15) is 26.0 Å². The maximum atomic E-state index is 12.7. The first-order valence-electron chi connectivity index (χ1n) is 25.0. The highest BCUT2D eigenvalue weighted by atomic mass is 32.2. The molecule has 1 radical (unpaired) electrons. The summed E-state index contributed by atoms with van der Waals surface area (Å²) < 4.78 is 80.1. The van der Waals surface area contributed by atoms with Crippen molar-refractivity contribution in [2.24, 2.45) is 14.9 Å². The van der Waals surface area contributed by atoms with Crippen molar-refractivity contribution >= 4 is 85.1 Å². The molecule has 0 saturated heterocycles. The molecule has 10 aromatic carbocycles. The lowest BCUT2D eigenvalue weighted by molar-refractivity contribution is 0.436. The molecule has 14 heteroatoms. The van der Waals surface area contributed by atoms with Crippen molar-refractivity contribution in [2.75, 3.05) is 0 Å². The lowest BCUT2D eigenvalue weighted by Crippen LogP contribution is -2.14. The molecule has 1 unspecified atom stereocenters. The van der Waals surface area contributed by atoms with Gasteiger partial charge in [-0.3, -0.25) is 9.97 Å². The van der Waals surface area contributed by atoms with Crippen LogP contribution in [0.1, 0.15) is 39.4 Å². The summed E-state index contributed by atoms with van der Waals surface area (Å²) in [5, 5.41) is 18.8. The number of hydrogen-bond acceptors (Lipinski definition) is 7. The Labute approximate surface area is 462 Å². The van der Waals surface area contributed by atoms with Crippen LogP contribution in [0.3, 0.4) is 0 Å². The lowest BCUT2D eigenvalue weighted by atomic mass is 9.95. The first-order valence-corrected chi connectivity index (χ1v) is 28.3. The second-order valence-corrected chi connectivity index (χ2v) is 20.7. The first-order chi connectivity index (χ1) is 37.9. The molecular formula is C65H53AlF4N5O3S. The maximum absolute atomic E-state index is 12.7. The van der Waals surface area contributed by atoms with Crippen LogP contribution in [-0.2, 0) is 16.3 Å². The van der Waals surface area contributed by atoms with E-state index in [2.05, 4.69) is 135 Å². The molecular weight excluding hydrogens is 1030 g/mol. The number of aromatic nitrogens is 2. The van der Waals surface area contributed by atoms with Crippen molar-refractivity contribution in [2.45, 2.75) is 41.9 Å². The quantitative estimate of drug-likeness (QED) is 0.0754. The predicted octanol–water partition coefficient (Wildman–Crippen LogP) is 15.9. The molecule has 12 aromatic rings. The summed E-state index contributed by atoms with van der Waals surface area (Å²) in [5.41, 5.74) is 5.87. The topological polar surface area (TPSA) is 142 Å². The molecule has 79 heavy (non-hydrogen) atoms. The summed E-state index contributed by atoms with van der Waals surface area (Å²) in [7, 11) is -3.30. The first kappa shape index (κ1) is 56.7. The summed E-state index contributed by atoms with van der Waals surface area (Å²) in [4.78, 5) is 9.60. The van der Waals surface area contributed by atoms with Crippen LogP contribution in [0.4, 0.5) is 23.2 Å². The molecule has 0 amide bonds. The number of sulfone groups is 1. The van der Waals surface area contributed by atoms with Crippen LogP contribution in [0.2, 0.25) is 5.79 Å². The van der Waals surface area contributed by atoms with Gasteiger partial charge in [-0.05, 0) is 93.2 Å². The van der Waals surface area contributed by atoms with Crippen molar-refractivity contribution in [1.82, 2.24) is 9.97 Å². The number of rotatable bonds is 1. The van der Waals surface area contributed by atoms with E-state index in [4.69, 9.17) is 4.72 Å². The Balaban J connectivity index is 0.000000129. The van der Waals surface area contributed by atoms with E-state index < -0.39 is 44.2 Å². The highest BCUT2D eigenvalue weighted by Gasteiger charge is 2.28. The van der Waals surface area contributed by atoms with E-state index in [0.717, 1.165) is 52.5 Å². The fourth-order valence-electron chi connectivity index (χ4n) is 9.41. The van der Waals surface area contributed by atoms with Gasteiger partial charge in [-0.2, -0.15) is 10.2 Å². The summed E-state index contributed by atoms with van der Waals surface area (Å²) in [6.07, 6.45) is 4.30. The van der Waals surface area contributed by atoms with Gasteiger partial charge in [0.1, 0.15) is 6.04 Å². The van der Waals surface area contributed by atoms with E-state index in [0.29, 0.717) is 16.2 Å². The molecule has 0 saturated carbocycles. The minimum absolute atomic E-state index is 0. The fourth-order valence-corrected chi connectivity index (χ4v) is 11.1. The number of azo groups is 1. The molecule has 2 aliphatic heterocycles. The van der Waals surface area contributed by atoms with E-state index in [-0.39, 0.29) is 27.0 Å². The molecule has 0 spiro atoms. The van der Waals surface area contributed by atoms with Gasteiger partial charge in [-0.1, -0.05) is 188 Å². The monoisotopic (exact) mass is 1090 g/mol. The van der Waals surface area contributed by atoms with Crippen molar-refractivity contribution in [3.05, 3.63) is 281 Å². The summed E-state index contributed by atoms with van der Waals surface area (Å²) in [6, 6.07) is 71.0. The normalized spacial score (nSPS) is 12.9. The lowest BCUT2D eigenvalue weighted by Gasteiger charge is -2.19. The Kier molecular flexibility index (Phi) is 18.5. The molecule has 0 aliphatic carbocycles. The van der Waals surface area contributed by atoms with Crippen LogP contribution < -0.4 is 4.72 Å². The maximum Gasteiger partial charge on any atom is 0.313 e. The van der Waals surface area contributed by atoms with Crippen molar-refractivity contribution in [3.8, 4) is 0 Å². The van der Waals surface area contributed by atoms with Gasteiger partial charge < -0.3 is 10.2 Å². The van der Waals surface area contributed by atoms with E-state index in [1.807, 2.05) is 78.6 Å². The molecule has 14 rings (SSSR count). The highest BCUT2D eigenvalue weighted by Crippen LogP contribution is 2.40. The summed E-state index contributed by atoms with van der Waals surface area (Å²) in [5.74, 6) is -3.32. The molecule has 4 heterocycles. The minimum atomic E-state index is -3.30. The highest BCUT2D eigenvalue weighted by molar-refractivity contribution is 7.91. The van der Waals surface area contributed by atoms with Crippen molar-refractivity contribution in [1.29, 1.82) is 0 Å². The molecule has 2 aromatic heterocycles. The Bertz CT molecular complexity index is 3830. The fraction of sp³-hybridized carbons (Fsp3) is 0.0769. The van der Waals surface area contributed by atoms with Gasteiger partial charge in [0, 0.05) is 46.3 Å². The number of fused-ring (bicyclic) bond motifs is 12. The molecule has 1 atom stereocenters. The average molecular weight is 1090 g/mol. The Hall–Kier alpha value is -8.48. The molecule has 393 valence electrons. The average Bonchev–Trinajstić information content (AvgIpc) is 4.14. The van der Waals surface area contributed by atoms with Crippen molar-refractivity contribution < 1.29 is 31.5 Å². The van der Waals surface area contributed by atoms with Gasteiger partial charge in [0.2, 0.25) is 9.84 Å². The van der Waals surface area contributed by atoms with Crippen LogP contribution in [0, 0.1) is 37.1 Å². The van der Waals surface area contributed by atoms with Crippen LogP contribution in [0.15, 0.2) is 245 Å². The molecule has 8 nitrogen and oxygen atoms in total. The summed E-state index contributed by atoms with van der Waals surface area (Å²) >= 11 is 0.250. The van der Waals surface area contributed by atoms with Crippen molar-refractivity contribution in [3.63, 3.8) is 0 Å². The van der Waals surface area contributed by atoms with Crippen LogP contribution >= 0.6 is 0 Å². The number of nitrogens with zero attached hydrogens (tertiary/aromatic N) is 4. The molecule has 2 aliphatic rings. The third-order valence-corrected chi connectivity index (χ3v) is 15.2. The number of halogens is 4. The Morgan fingerprint density at radius 1 is 0.468 bits per heavy atom. The second-order valence-electron chi connectivity index (χ2n) is 18.2. The van der Waals surface area contributed by atoms with Gasteiger partial charge in [0.15, 0.2) is 23.3 Å². The third-order valence-electron chi connectivity index (χ3n) is 13.2. The molecule has 0 fully saturated rings. The van der Waals surface area contributed by atoms with E-state index in [1.165, 1.54) is 43.4 Å². The van der Waals surface area contributed by atoms with Crippen LogP contribution in [-0.4, -0.2) is 39.3 Å². The number of nitrogens with two attached hydrogens (primary N) is 1. The van der Waals surface area contributed by atoms with Gasteiger partial charge in [0.05, 0.1) is 26.5 Å². The van der Waals surface area contributed by atoms with Gasteiger partial charge in [-0.25, -0.2) is 26.0 Å². The second kappa shape index (κ2) is 25.8. The third kappa shape index (κ3) is 12.1. The zero-order chi connectivity index (χ0) is 54.8. The minimum Gasteiger partial charge on any atom is -0.420 e. The molecule has 4 N–H and O–H groups in total. The number of hydrogen-bond donors (Lipinski definition) is 1. The Morgan fingerprint density at radius 3 is 1.24 bits per heavy atom. The number of benzene rings is 10. The SMILES string of the molecule is Cc1c(F)c(F)c(C)c(F)c1F.O.O=S1(=O)c2ccccc2Cc2ccccc21.[CH3][Al][NH2].c1ccc(C2N=Nc3ccccc32)cc1.c1ccc2c(c1)c1ccccc1c1ccccc21.c1cnc2c(c1)ccc1cccnc12. The largest absolute Gasteiger partial charge is 0.420 e. The van der Waals surface area contributed by atoms with Gasteiger partial charge in [0.25, 0.3) is 0 Å².